The molecular weight excluding hydrogens is 272 g/mol. The maximum Gasteiger partial charge on any atom is 0.226 e. The Morgan fingerprint density at radius 1 is 1.42 bits per heavy atom. The van der Waals surface area contributed by atoms with Gasteiger partial charge in [0.1, 0.15) is 5.82 Å². The predicted octanol–water partition coefficient (Wildman–Crippen LogP) is 2.48. The molecule has 0 aliphatic carbocycles. The number of thiazole rings is 1. The van der Waals surface area contributed by atoms with Crippen LogP contribution in [0.15, 0.2) is 18.2 Å². The molecule has 2 aromatic rings. The summed E-state index contributed by atoms with van der Waals surface area (Å²) in [5.41, 5.74) is 5.75. The summed E-state index contributed by atoms with van der Waals surface area (Å²) in [7, 11) is 0. The van der Waals surface area contributed by atoms with Crippen LogP contribution in [0, 0.1) is 11.6 Å². The van der Waals surface area contributed by atoms with Crippen molar-refractivity contribution in [2.24, 2.45) is 0 Å². The maximum atomic E-state index is 13.9. The number of carbonyl (C=O) groups excluding carboxylic acids is 1. The standard InChI is InChI=1S/C12H9F2N3OS/c13-7-3-1-2-5(9(7)14)6-4-8(18)16-11-10(6)19-12(15)17-11/h1-3,6H,4H2,(H2,15,17)(H,16,18)/t6-/m0/s1. The number of amides is 1. The smallest absolute Gasteiger partial charge is 0.226 e. The molecule has 7 heteroatoms. The van der Waals surface area contributed by atoms with E-state index in [1.165, 1.54) is 23.5 Å². The van der Waals surface area contributed by atoms with Crippen molar-refractivity contribution in [2.75, 3.05) is 11.1 Å². The number of hydrogen-bond donors (Lipinski definition) is 2. The van der Waals surface area contributed by atoms with E-state index in [0.717, 1.165) is 6.07 Å². The van der Waals surface area contributed by atoms with Gasteiger partial charge in [-0.2, -0.15) is 0 Å². The second-order valence-electron chi connectivity index (χ2n) is 4.21. The van der Waals surface area contributed by atoms with Crippen molar-refractivity contribution in [3.8, 4) is 0 Å². The zero-order valence-electron chi connectivity index (χ0n) is 9.61. The van der Waals surface area contributed by atoms with Crippen LogP contribution >= 0.6 is 11.3 Å². The molecule has 4 nitrogen and oxygen atoms in total. The number of hydrogen-bond acceptors (Lipinski definition) is 4. The summed E-state index contributed by atoms with van der Waals surface area (Å²) in [6.07, 6.45) is 0.0506. The molecule has 1 aromatic heterocycles. The van der Waals surface area contributed by atoms with E-state index in [0.29, 0.717) is 10.7 Å². The number of nitrogens with two attached hydrogens (primary N) is 1. The van der Waals surface area contributed by atoms with Crippen molar-refractivity contribution in [1.29, 1.82) is 0 Å². The number of nitrogens with one attached hydrogen (secondary N) is 1. The van der Waals surface area contributed by atoms with Gasteiger partial charge in [-0.1, -0.05) is 23.5 Å². The van der Waals surface area contributed by atoms with Crippen LogP contribution < -0.4 is 11.1 Å². The fourth-order valence-electron chi connectivity index (χ4n) is 2.18. The first-order valence-electron chi connectivity index (χ1n) is 5.56. The monoisotopic (exact) mass is 281 g/mol. The molecule has 2 heterocycles. The van der Waals surface area contributed by atoms with Gasteiger partial charge in [-0.15, -0.1) is 0 Å². The predicted molar refractivity (Wildman–Crippen MR) is 68.0 cm³/mol. The van der Waals surface area contributed by atoms with Gasteiger partial charge in [-0.05, 0) is 11.6 Å². The lowest BCUT2D eigenvalue weighted by atomic mass is 9.91. The molecule has 3 rings (SSSR count). The normalized spacial score (nSPS) is 18.0. The van der Waals surface area contributed by atoms with Crippen molar-refractivity contribution >= 4 is 28.2 Å². The van der Waals surface area contributed by atoms with E-state index in [-0.39, 0.29) is 23.0 Å². The Bertz CT molecular complexity index is 671. The number of anilines is 2. The molecule has 1 aliphatic heterocycles. The molecular formula is C12H9F2N3OS. The summed E-state index contributed by atoms with van der Waals surface area (Å²) < 4.78 is 27.2. The molecule has 0 bridgehead atoms. The number of aromatic nitrogens is 1. The van der Waals surface area contributed by atoms with Gasteiger partial charge in [-0.25, -0.2) is 13.8 Å². The lowest BCUT2D eigenvalue weighted by molar-refractivity contribution is -0.116. The number of halogens is 2. The quantitative estimate of drug-likeness (QED) is 0.843. The van der Waals surface area contributed by atoms with Crippen molar-refractivity contribution in [3.63, 3.8) is 0 Å². The van der Waals surface area contributed by atoms with Gasteiger partial charge in [0.2, 0.25) is 5.91 Å². The molecule has 0 spiro atoms. The van der Waals surface area contributed by atoms with Crippen molar-refractivity contribution < 1.29 is 13.6 Å². The Labute approximate surface area is 111 Å². The van der Waals surface area contributed by atoms with Crippen molar-refractivity contribution in [1.82, 2.24) is 4.98 Å². The van der Waals surface area contributed by atoms with E-state index in [1.54, 1.807) is 0 Å². The van der Waals surface area contributed by atoms with Gasteiger partial charge >= 0.3 is 0 Å². The largest absolute Gasteiger partial charge is 0.375 e. The number of carbonyl (C=O) groups is 1. The molecule has 3 N–H and O–H groups in total. The Kier molecular flexibility index (Phi) is 2.70. The van der Waals surface area contributed by atoms with Gasteiger partial charge in [0.15, 0.2) is 16.8 Å². The van der Waals surface area contributed by atoms with E-state index < -0.39 is 17.6 Å². The topological polar surface area (TPSA) is 68.0 Å². The van der Waals surface area contributed by atoms with Crippen molar-refractivity contribution in [2.45, 2.75) is 12.3 Å². The molecule has 1 atom stereocenters. The summed E-state index contributed by atoms with van der Waals surface area (Å²) in [6, 6.07) is 3.94. The maximum absolute atomic E-state index is 13.9. The molecule has 1 amide bonds. The summed E-state index contributed by atoms with van der Waals surface area (Å²) in [4.78, 5) is 16.2. The van der Waals surface area contributed by atoms with E-state index in [1.807, 2.05) is 0 Å². The first-order valence-corrected chi connectivity index (χ1v) is 6.38. The minimum absolute atomic E-state index is 0.0506. The summed E-state index contributed by atoms with van der Waals surface area (Å²) >= 11 is 1.17. The third-order valence-corrected chi connectivity index (χ3v) is 3.99. The molecule has 98 valence electrons. The highest BCUT2D eigenvalue weighted by molar-refractivity contribution is 7.16. The third-order valence-electron chi connectivity index (χ3n) is 2.99. The van der Waals surface area contributed by atoms with Gasteiger partial charge < -0.3 is 11.1 Å². The van der Waals surface area contributed by atoms with Gasteiger partial charge in [0, 0.05) is 12.3 Å². The minimum atomic E-state index is -0.930. The fraction of sp³-hybridized carbons (Fsp3) is 0.167. The summed E-state index contributed by atoms with van der Waals surface area (Å²) in [5, 5.41) is 2.86. The highest BCUT2D eigenvalue weighted by atomic mass is 32.1. The molecule has 0 unspecified atom stereocenters. The molecule has 0 saturated carbocycles. The van der Waals surface area contributed by atoms with Crippen LogP contribution in [0.2, 0.25) is 0 Å². The van der Waals surface area contributed by atoms with E-state index in [2.05, 4.69) is 10.3 Å². The molecule has 19 heavy (non-hydrogen) atoms. The highest BCUT2D eigenvalue weighted by Gasteiger charge is 2.32. The van der Waals surface area contributed by atoms with Crippen LogP contribution in [0.4, 0.5) is 19.7 Å². The number of nitrogen functional groups attached to an aromatic ring is 1. The van der Waals surface area contributed by atoms with Crippen LogP contribution in [-0.4, -0.2) is 10.9 Å². The van der Waals surface area contributed by atoms with Crippen LogP contribution in [0.5, 0.6) is 0 Å². The van der Waals surface area contributed by atoms with E-state index >= 15 is 0 Å². The first kappa shape index (κ1) is 12.0. The van der Waals surface area contributed by atoms with Gasteiger partial charge in [0.05, 0.1) is 4.88 Å². The Balaban J connectivity index is 2.15. The molecule has 1 aromatic carbocycles. The fourth-order valence-corrected chi connectivity index (χ4v) is 3.08. The number of nitrogens with zero attached hydrogens (tertiary/aromatic N) is 1. The Hall–Kier alpha value is -2.02. The van der Waals surface area contributed by atoms with Crippen molar-refractivity contribution in [3.05, 3.63) is 40.3 Å². The van der Waals surface area contributed by atoms with Crippen LogP contribution in [0.3, 0.4) is 0 Å². The average molecular weight is 281 g/mol. The molecule has 0 radical (unpaired) electrons. The van der Waals surface area contributed by atoms with E-state index in [4.69, 9.17) is 5.73 Å². The SMILES string of the molecule is Nc1nc2c(s1)[C@H](c1cccc(F)c1F)CC(=O)N2. The van der Waals surface area contributed by atoms with Crippen LogP contribution in [0.1, 0.15) is 22.8 Å². The van der Waals surface area contributed by atoms with Crippen LogP contribution in [-0.2, 0) is 4.79 Å². The summed E-state index contributed by atoms with van der Waals surface area (Å²) in [6.45, 7) is 0. The average Bonchev–Trinajstić information content (AvgIpc) is 2.72. The lowest BCUT2D eigenvalue weighted by Gasteiger charge is -2.22. The second-order valence-corrected chi connectivity index (χ2v) is 5.28. The molecule has 0 saturated heterocycles. The lowest BCUT2D eigenvalue weighted by Crippen LogP contribution is -2.23. The Morgan fingerprint density at radius 3 is 3.00 bits per heavy atom. The second kappa shape index (κ2) is 4.27. The number of fused-ring (bicyclic) bond motifs is 1. The minimum Gasteiger partial charge on any atom is -0.375 e. The molecule has 1 aliphatic rings. The third kappa shape index (κ3) is 1.95. The molecule has 0 fully saturated rings. The Morgan fingerprint density at radius 2 is 2.21 bits per heavy atom. The van der Waals surface area contributed by atoms with Gasteiger partial charge in [-0.3, -0.25) is 4.79 Å². The first-order chi connectivity index (χ1) is 9.06. The zero-order valence-corrected chi connectivity index (χ0v) is 10.4. The van der Waals surface area contributed by atoms with E-state index in [9.17, 15) is 13.6 Å². The number of rotatable bonds is 1. The van der Waals surface area contributed by atoms with Crippen LogP contribution in [0.25, 0.3) is 0 Å². The highest BCUT2D eigenvalue weighted by Crippen LogP contribution is 2.42. The summed E-state index contributed by atoms with van der Waals surface area (Å²) in [5.74, 6) is -2.35. The van der Waals surface area contributed by atoms with Gasteiger partial charge in [0.25, 0.3) is 0 Å². The number of benzene rings is 1. The zero-order chi connectivity index (χ0) is 13.6.